The maximum absolute atomic E-state index is 13.8. The number of aromatic nitrogens is 1. The van der Waals surface area contributed by atoms with Crippen LogP contribution >= 0.6 is 0 Å². The van der Waals surface area contributed by atoms with Gasteiger partial charge in [0, 0.05) is 35.9 Å². The molecule has 3 rings (SSSR count). The van der Waals surface area contributed by atoms with Gasteiger partial charge in [-0.3, -0.25) is 4.98 Å². The summed E-state index contributed by atoms with van der Waals surface area (Å²) in [7, 11) is 0. The fourth-order valence-corrected chi connectivity index (χ4v) is 2.52. The van der Waals surface area contributed by atoms with Gasteiger partial charge in [0.2, 0.25) is 0 Å². The first-order valence-corrected chi connectivity index (χ1v) is 7.05. The van der Waals surface area contributed by atoms with Gasteiger partial charge in [-0.1, -0.05) is 42.5 Å². The molecule has 0 saturated carbocycles. The highest BCUT2D eigenvalue weighted by molar-refractivity contribution is 5.84. The van der Waals surface area contributed by atoms with Crippen molar-refractivity contribution in [3.8, 4) is 0 Å². The topological polar surface area (TPSA) is 24.9 Å². The lowest BCUT2D eigenvalue weighted by Crippen LogP contribution is -2.19. The molecule has 1 heterocycles. The lowest BCUT2D eigenvalue weighted by molar-refractivity contribution is 0.529. The van der Waals surface area contributed by atoms with Gasteiger partial charge in [0.05, 0.1) is 0 Å². The molecule has 106 valence electrons. The smallest absolute Gasteiger partial charge is 0.127 e. The Morgan fingerprint density at radius 2 is 1.81 bits per heavy atom. The molecular formula is C18H17FN2. The molecule has 3 heteroatoms. The summed E-state index contributed by atoms with van der Waals surface area (Å²) in [5, 5.41) is 5.67. The summed E-state index contributed by atoms with van der Waals surface area (Å²) in [6.07, 6.45) is 3.72. The number of fused-ring (bicyclic) bond motifs is 1. The SMILES string of the molecule is C[C@@H](NCc1cncc2ccccc12)c1ccccc1F. The summed E-state index contributed by atoms with van der Waals surface area (Å²) in [5.74, 6) is -0.173. The van der Waals surface area contributed by atoms with Crippen LogP contribution in [-0.2, 0) is 6.54 Å². The zero-order valence-electron chi connectivity index (χ0n) is 11.9. The van der Waals surface area contributed by atoms with Gasteiger partial charge < -0.3 is 5.32 Å². The third kappa shape index (κ3) is 2.93. The number of hydrogen-bond acceptors (Lipinski definition) is 2. The molecule has 3 aromatic rings. The summed E-state index contributed by atoms with van der Waals surface area (Å²) >= 11 is 0. The van der Waals surface area contributed by atoms with Crippen LogP contribution in [0.2, 0.25) is 0 Å². The molecule has 2 nitrogen and oxygen atoms in total. The molecule has 0 aliphatic carbocycles. The van der Waals surface area contributed by atoms with Crippen LogP contribution in [0.1, 0.15) is 24.1 Å². The van der Waals surface area contributed by atoms with Crippen LogP contribution in [0.5, 0.6) is 0 Å². The number of halogens is 1. The predicted octanol–water partition coefficient (Wildman–Crippen LogP) is 4.22. The molecule has 0 fully saturated rings. The van der Waals surface area contributed by atoms with Crippen molar-refractivity contribution in [1.82, 2.24) is 10.3 Å². The molecule has 0 radical (unpaired) electrons. The molecule has 2 aromatic carbocycles. The van der Waals surface area contributed by atoms with Gasteiger partial charge in [-0.25, -0.2) is 4.39 Å². The first-order valence-electron chi connectivity index (χ1n) is 7.05. The summed E-state index contributed by atoms with van der Waals surface area (Å²) in [6, 6.07) is 15.0. The molecular weight excluding hydrogens is 263 g/mol. The van der Waals surface area contributed by atoms with Crippen molar-refractivity contribution in [3.63, 3.8) is 0 Å². The Labute approximate surface area is 123 Å². The quantitative estimate of drug-likeness (QED) is 0.773. The Morgan fingerprint density at radius 1 is 1.05 bits per heavy atom. The standard InChI is InChI=1S/C18H17FN2/c1-13(16-7-4-5-9-18(16)19)21-12-15-11-20-10-14-6-2-3-8-17(14)15/h2-11,13,21H,12H2,1H3/t13-/m1/s1. The largest absolute Gasteiger partial charge is 0.306 e. The minimum Gasteiger partial charge on any atom is -0.306 e. The fraction of sp³-hybridized carbons (Fsp3) is 0.167. The van der Waals surface area contributed by atoms with Crippen molar-refractivity contribution in [2.45, 2.75) is 19.5 Å². The molecule has 21 heavy (non-hydrogen) atoms. The number of hydrogen-bond donors (Lipinski definition) is 1. The number of pyridine rings is 1. The zero-order valence-corrected chi connectivity index (χ0v) is 11.9. The Balaban J connectivity index is 1.79. The third-order valence-corrected chi connectivity index (χ3v) is 3.72. The highest BCUT2D eigenvalue weighted by atomic mass is 19.1. The predicted molar refractivity (Wildman–Crippen MR) is 83.4 cm³/mol. The maximum atomic E-state index is 13.8. The average molecular weight is 280 g/mol. The highest BCUT2D eigenvalue weighted by Crippen LogP contribution is 2.20. The van der Waals surface area contributed by atoms with Crippen LogP contribution in [0.3, 0.4) is 0 Å². The number of rotatable bonds is 4. The van der Waals surface area contributed by atoms with Crippen LogP contribution < -0.4 is 5.32 Å². The minimum absolute atomic E-state index is 0.0508. The van der Waals surface area contributed by atoms with E-state index in [1.54, 1.807) is 6.07 Å². The highest BCUT2D eigenvalue weighted by Gasteiger charge is 2.10. The van der Waals surface area contributed by atoms with Crippen LogP contribution in [0, 0.1) is 5.82 Å². The maximum Gasteiger partial charge on any atom is 0.127 e. The van der Waals surface area contributed by atoms with E-state index in [-0.39, 0.29) is 11.9 Å². The Kier molecular flexibility index (Phi) is 3.93. The van der Waals surface area contributed by atoms with Gasteiger partial charge >= 0.3 is 0 Å². The molecule has 0 amide bonds. The molecule has 1 aromatic heterocycles. The van der Waals surface area contributed by atoms with Crippen molar-refractivity contribution < 1.29 is 4.39 Å². The summed E-state index contributed by atoms with van der Waals surface area (Å²) < 4.78 is 13.8. The second kappa shape index (κ2) is 6.02. The van der Waals surface area contributed by atoms with Crippen LogP contribution in [0.25, 0.3) is 10.8 Å². The Morgan fingerprint density at radius 3 is 2.67 bits per heavy atom. The number of nitrogens with one attached hydrogen (secondary N) is 1. The monoisotopic (exact) mass is 280 g/mol. The van der Waals surface area contributed by atoms with Gasteiger partial charge in [0.25, 0.3) is 0 Å². The number of benzene rings is 2. The van der Waals surface area contributed by atoms with E-state index in [0.717, 1.165) is 10.9 Å². The second-order valence-electron chi connectivity index (χ2n) is 5.14. The second-order valence-corrected chi connectivity index (χ2v) is 5.14. The molecule has 0 unspecified atom stereocenters. The molecule has 0 aliphatic rings. The Bertz CT molecular complexity index is 750. The van der Waals surface area contributed by atoms with Crippen LogP contribution in [-0.4, -0.2) is 4.98 Å². The van der Waals surface area contributed by atoms with Crippen molar-refractivity contribution in [3.05, 3.63) is 77.9 Å². The first-order chi connectivity index (χ1) is 10.3. The molecule has 0 bridgehead atoms. The van der Waals surface area contributed by atoms with Crippen molar-refractivity contribution >= 4 is 10.8 Å². The van der Waals surface area contributed by atoms with Gasteiger partial charge in [0.1, 0.15) is 5.82 Å². The lowest BCUT2D eigenvalue weighted by Gasteiger charge is -2.15. The molecule has 1 atom stereocenters. The van der Waals surface area contributed by atoms with E-state index in [4.69, 9.17) is 0 Å². The molecule has 1 N–H and O–H groups in total. The van der Waals surface area contributed by atoms with Crippen LogP contribution in [0.15, 0.2) is 60.9 Å². The summed E-state index contributed by atoms with van der Waals surface area (Å²) in [5.41, 5.74) is 1.81. The molecule has 0 aliphatic heterocycles. The first kappa shape index (κ1) is 13.7. The minimum atomic E-state index is -0.173. The Hall–Kier alpha value is -2.26. The average Bonchev–Trinajstić information content (AvgIpc) is 2.53. The normalized spacial score (nSPS) is 12.5. The number of nitrogens with zero attached hydrogens (tertiary/aromatic N) is 1. The summed E-state index contributed by atoms with van der Waals surface area (Å²) in [4.78, 5) is 4.27. The third-order valence-electron chi connectivity index (χ3n) is 3.72. The van der Waals surface area contributed by atoms with Crippen molar-refractivity contribution in [2.24, 2.45) is 0 Å². The van der Waals surface area contributed by atoms with E-state index in [1.807, 2.05) is 49.6 Å². The van der Waals surface area contributed by atoms with Gasteiger partial charge in [-0.15, -0.1) is 0 Å². The fourth-order valence-electron chi connectivity index (χ4n) is 2.52. The lowest BCUT2D eigenvalue weighted by atomic mass is 10.1. The molecule has 0 saturated heterocycles. The summed E-state index contributed by atoms with van der Waals surface area (Å²) in [6.45, 7) is 2.63. The van der Waals surface area contributed by atoms with Gasteiger partial charge in [-0.2, -0.15) is 0 Å². The van der Waals surface area contributed by atoms with Crippen molar-refractivity contribution in [1.29, 1.82) is 0 Å². The van der Waals surface area contributed by atoms with E-state index < -0.39 is 0 Å². The van der Waals surface area contributed by atoms with Gasteiger partial charge in [-0.05, 0) is 23.9 Å². The van der Waals surface area contributed by atoms with E-state index in [1.165, 1.54) is 11.5 Å². The van der Waals surface area contributed by atoms with E-state index >= 15 is 0 Å². The zero-order chi connectivity index (χ0) is 14.7. The van der Waals surface area contributed by atoms with E-state index in [0.29, 0.717) is 12.1 Å². The molecule has 0 spiro atoms. The van der Waals surface area contributed by atoms with Gasteiger partial charge in [0.15, 0.2) is 0 Å². The van der Waals surface area contributed by atoms with E-state index in [2.05, 4.69) is 16.4 Å². The van der Waals surface area contributed by atoms with Crippen LogP contribution in [0.4, 0.5) is 4.39 Å². The van der Waals surface area contributed by atoms with E-state index in [9.17, 15) is 4.39 Å². The van der Waals surface area contributed by atoms with Crippen molar-refractivity contribution in [2.75, 3.05) is 0 Å².